The molecule has 0 N–H and O–H groups in total. The molecule has 0 fully saturated rings. The molecule has 21 heavy (non-hydrogen) atoms. The Kier molecular flexibility index (Phi) is 4.17. The van der Waals surface area contributed by atoms with Gasteiger partial charge in [-0.3, -0.25) is 0 Å². The van der Waals surface area contributed by atoms with Crippen molar-refractivity contribution in [2.45, 2.75) is 26.4 Å². The Bertz CT molecular complexity index is 637. The molecule has 0 spiro atoms. The summed E-state index contributed by atoms with van der Waals surface area (Å²) in [4.78, 5) is 22.3. The van der Waals surface area contributed by atoms with E-state index in [4.69, 9.17) is 4.74 Å². The van der Waals surface area contributed by atoms with Gasteiger partial charge in [-0.1, -0.05) is 24.3 Å². The number of esters is 1. The van der Waals surface area contributed by atoms with E-state index in [0.717, 1.165) is 11.1 Å². The van der Waals surface area contributed by atoms with Crippen molar-refractivity contribution in [1.29, 1.82) is 0 Å². The summed E-state index contributed by atoms with van der Waals surface area (Å²) >= 11 is 0. The van der Waals surface area contributed by atoms with Gasteiger partial charge in [-0.15, -0.1) is 4.91 Å². The molecule has 0 amide bonds. The van der Waals surface area contributed by atoms with Crippen LogP contribution in [0.1, 0.15) is 31.1 Å². The van der Waals surface area contributed by atoms with E-state index in [1.807, 2.05) is 45.0 Å². The largest absolute Gasteiger partial charge is 0.456 e. The fourth-order valence-electron chi connectivity index (χ4n) is 1.85. The number of nitrogens with zero attached hydrogens (tertiary/aromatic N) is 1. The van der Waals surface area contributed by atoms with Gasteiger partial charge in [0.2, 0.25) is 0 Å². The molecule has 0 radical (unpaired) electrons. The summed E-state index contributed by atoms with van der Waals surface area (Å²) in [5, 5.41) is 2.87. The van der Waals surface area contributed by atoms with Crippen molar-refractivity contribution in [3.05, 3.63) is 59.0 Å². The molecular weight excluding hydrogens is 266 g/mol. The zero-order valence-corrected chi connectivity index (χ0v) is 12.3. The van der Waals surface area contributed by atoms with Crippen molar-refractivity contribution in [3.63, 3.8) is 0 Å². The van der Waals surface area contributed by atoms with Crippen molar-refractivity contribution in [3.8, 4) is 11.1 Å². The molecule has 0 aromatic heterocycles. The monoisotopic (exact) mass is 283 g/mol. The fraction of sp³-hybridized carbons (Fsp3) is 0.235. The minimum Gasteiger partial charge on any atom is -0.456 e. The number of rotatable bonds is 3. The molecule has 0 aliphatic heterocycles. The maximum absolute atomic E-state index is 11.9. The fourth-order valence-corrected chi connectivity index (χ4v) is 1.85. The first-order chi connectivity index (χ1) is 9.89. The van der Waals surface area contributed by atoms with Crippen molar-refractivity contribution < 1.29 is 9.53 Å². The van der Waals surface area contributed by atoms with E-state index in [9.17, 15) is 9.70 Å². The van der Waals surface area contributed by atoms with Crippen LogP contribution in [-0.2, 0) is 4.74 Å². The molecule has 2 aromatic carbocycles. The van der Waals surface area contributed by atoms with E-state index in [0.29, 0.717) is 11.3 Å². The third kappa shape index (κ3) is 3.99. The Morgan fingerprint density at radius 1 is 0.905 bits per heavy atom. The third-order valence-corrected chi connectivity index (χ3v) is 2.83. The van der Waals surface area contributed by atoms with Crippen LogP contribution in [0.5, 0.6) is 0 Å². The van der Waals surface area contributed by atoms with Crippen LogP contribution in [0, 0.1) is 4.91 Å². The maximum Gasteiger partial charge on any atom is 0.338 e. The molecule has 0 aliphatic carbocycles. The second-order valence-corrected chi connectivity index (χ2v) is 5.72. The Labute approximate surface area is 123 Å². The Hall–Kier alpha value is -2.49. The predicted molar refractivity (Wildman–Crippen MR) is 82.5 cm³/mol. The SMILES string of the molecule is CC(C)(C)OC(=O)c1ccc(-c2ccc(N=O)cc2)cc1. The number of carbonyl (C=O) groups excluding carboxylic acids is 1. The van der Waals surface area contributed by atoms with Crippen LogP contribution in [0.3, 0.4) is 0 Å². The number of hydrogen-bond acceptors (Lipinski definition) is 4. The Morgan fingerprint density at radius 3 is 1.81 bits per heavy atom. The second-order valence-electron chi connectivity index (χ2n) is 5.72. The summed E-state index contributed by atoms with van der Waals surface area (Å²) < 4.78 is 5.31. The van der Waals surface area contributed by atoms with Gasteiger partial charge in [0.25, 0.3) is 0 Å². The van der Waals surface area contributed by atoms with Crippen molar-refractivity contribution in [2.75, 3.05) is 0 Å². The van der Waals surface area contributed by atoms with Crippen LogP contribution in [0.15, 0.2) is 53.7 Å². The zero-order valence-electron chi connectivity index (χ0n) is 12.3. The van der Waals surface area contributed by atoms with Crippen LogP contribution in [0.25, 0.3) is 11.1 Å². The first-order valence-corrected chi connectivity index (χ1v) is 6.66. The van der Waals surface area contributed by atoms with E-state index >= 15 is 0 Å². The minimum absolute atomic E-state index is 0.338. The number of ether oxygens (including phenoxy) is 1. The highest BCUT2D eigenvalue weighted by Gasteiger charge is 2.17. The van der Waals surface area contributed by atoms with Crippen LogP contribution in [0.4, 0.5) is 5.69 Å². The molecule has 4 heteroatoms. The number of hydrogen-bond donors (Lipinski definition) is 0. The topological polar surface area (TPSA) is 55.7 Å². The molecular formula is C17H17NO3. The smallest absolute Gasteiger partial charge is 0.338 e. The lowest BCUT2D eigenvalue weighted by Gasteiger charge is -2.19. The summed E-state index contributed by atoms with van der Waals surface area (Å²) in [6.45, 7) is 5.51. The van der Waals surface area contributed by atoms with Crippen LogP contribution in [-0.4, -0.2) is 11.6 Å². The maximum atomic E-state index is 11.9. The highest BCUT2D eigenvalue weighted by Crippen LogP contribution is 2.23. The molecule has 4 nitrogen and oxygen atoms in total. The molecule has 0 heterocycles. The van der Waals surface area contributed by atoms with Crippen molar-refractivity contribution in [2.24, 2.45) is 5.18 Å². The molecule has 108 valence electrons. The van der Waals surface area contributed by atoms with Gasteiger partial charge >= 0.3 is 5.97 Å². The normalized spacial score (nSPS) is 11.0. The molecule has 0 atom stereocenters. The Balaban J connectivity index is 2.18. The molecule has 0 aliphatic rings. The van der Waals surface area contributed by atoms with Crippen LogP contribution >= 0.6 is 0 Å². The van der Waals surface area contributed by atoms with E-state index in [1.165, 1.54) is 0 Å². The number of carbonyl (C=O) groups is 1. The van der Waals surface area contributed by atoms with Gasteiger partial charge in [0, 0.05) is 0 Å². The van der Waals surface area contributed by atoms with E-state index in [-0.39, 0.29) is 5.97 Å². The second kappa shape index (κ2) is 5.87. The lowest BCUT2D eigenvalue weighted by atomic mass is 10.0. The standard InChI is InChI=1S/C17H17NO3/c1-17(2,3)21-16(19)14-6-4-12(5-7-14)13-8-10-15(18-20)11-9-13/h4-11H,1-3H3. The summed E-state index contributed by atoms with van der Waals surface area (Å²) in [7, 11) is 0. The van der Waals surface area contributed by atoms with Gasteiger partial charge < -0.3 is 4.74 Å². The third-order valence-electron chi connectivity index (χ3n) is 2.83. The van der Waals surface area contributed by atoms with E-state index in [2.05, 4.69) is 5.18 Å². The molecule has 0 unspecified atom stereocenters. The van der Waals surface area contributed by atoms with Crippen molar-refractivity contribution >= 4 is 11.7 Å². The molecule has 0 saturated heterocycles. The number of benzene rings is 2. The first-order valence-electron chi connectivity index (χ1n) is 6.66. The quantitative estimate of drug-likeness (QED) is 0.605. The average molecular weight is 283 g/mol. The summed E-state index contributed by atoms with van der Waals surface area (Å²) in [5.74, 6) is -0.338. The lowest BCUT2D eigenvalue weighted by molar-refractivity contribution is 0.00696. The first kappa shape index (κ1) is 14.9. The van der Waals surface area contributed by atoms with Gasteiger partial charge in [-0.25, -0.2) is 4.79 Å². The summed E-state index contributed by atoms with van der Waals surface area (Å²) in [6, 6.07) is 14.1. The zero-order chi connectivity index (χ0) is 15.5. The van der Waals surface area contributed by atoms with Gasteiger partial charge in [0.1, 0.15) is 11.3 Å². The molecule has 0 saturated carbocycles. The predicted octanol–water partition coefficient (Wildman–Crippen LogP) is 4.71. The lowest BCUT2D eigenvalue weighted by Crippen LogP contribution is -2.23. The van der Waals surface area contributed by atoms with E-state index < -0.39 is 5.60 Å². The highest BCUT2D eigenvalue weighted by molar-refractivity contribution is 5.90. The molecule has 2 aromatic rings. The van der Waals surface area contributed by atoms with Gasteiger partial charge in [0.15, 0.2) is 0 Å². The van der Waals surface area contributed by atoms with Crippen LogP contribution in [0.2, 0.25) is 0 Å². The molecule has 0 bridgehead atoms. The van der Waals surface area contributed by atoms with Gasteiger partial charge in [-0.2, -0.15) is 0 Å². The van der Waals surface area contributed by atoms with Crippen molar-refractivity contribution in [1.82, 2.24) is 0 Å². The Morgan fingerprint density at radius 2 is 1.38 bits per heavy atom. The molecule has 2 rings (SSSR count). The summed E-state index contributed by atoms with van der Waals surface area (Å²) in [6.07, 6.45) is 0. The summed E-state index contributed by atoms with van der Waals surface area (Å²) in [5.41, 5.74) is 2.31. The van der Waals surface area contributed by atoms with Gasteiger partial charge in [0.05, 0.1) is 5.56 Å². The minimum atomic E-state index is -0.507. The highest BCUT2D eigenvalue weighted by atomic mass is 16.6. The number of nitroso groups, excluding NO2 is 1. The van der Waals surface area contributed by atoms with E-state index in [1.54, 1.807) is 24.3 Å². The van der Waals surface area contributed by atoms with Gasteiger partial charge in [-0.05, 0) is 61.3 Å². The average Bonchev–Trinajstić information content (AvgIpc) is 2.46. The van der Waals surface area contributed by atoms with Crippen LogP contribution < -0.4 is 0 Å².